The Bertz CT molecular complexity index is 1600. The molecule has 3 aromatic heterocycles. The van der Waals surface area contributed by atoms with Gasteiger partial charge >= 0.3 is 0 Å². The second-order valence-corrected chi connectivity index (χ2v) is 9.08. The fraction of sp³-hybridized carbons (Fsp3) is 0.259. The summed E-state index contributed by atoms with van der Waals surface area (Å²) >= 11 is 0. The lowest BCUT2D eigenvalue weighted by atomic mass is 10.0. The predicted octanol–water partition coefficient (Wildman–Crippen LogP) is 3.86. The number of halogens is 3. The number of benzene rings is 1. The largest absolute Gasteiger partial charge is 0.477 e. The number of rotatable bonds is 9. The monoisotopic (exact) mass is 555 g/mol. The van der Waals surface area contributed by atoms with Crippen molar-refractivity contribution in [3.05, 3.63) is 65.6 Å². The Kier molecular flexibility index (Phi) is 7.30. The van der Waals surface area contributed by atoms with Gasteiger partial charge in [-0.2, -0.15) is 0 Å². The maximum atomic E-state index is 15.1. The van der Waals surface area contributed by atoms with Crippen molar-refractivity contribution in [2.75, 3.05) is 26.4 Å². The van der Waals surface area contributed by atoms with Crippen LogP contribution in [0.5, 0.6) is 17.4 Å². The summed E-state index contributed by atoms with van der Waals surface area (Å²) in [6, 6.07) is 5.08. The first kappa shape index (κ1) is 26.9. The van der Waals surface area contributed by atoms with E-state index < -0.39 is 42.2 Å². The van der Waals surface area contributed by atoms with Crippen molar-refractivity contribution in [1.29, 1.82) is 0 Å². The molecular weight excluding hydrogens is 531 g/mol. The number of hydrogen-bond acceptors (Lipinski definition) is 8. The van der Waals surface area contributed by atoms with Crippen molar-refractivity contribution in [3.63, 3.8) is 0 Å². The van der Waals surface area contributed by atoms with Crippen molar-refractivity contribution >= 4 is 22.8 Å². The van der Waals surface area contributed by atoms with Crippen LogP contribution in [0.2, 0.25) is 0 Å². The molecule has 5 rings (SSSR count). The first-order chi connectivity index (χ1) is 19.2. The van der Waals surface area contributed by atoms with Gasteiger partial charge in [-0.15, -0.1) is 0 Å². The van der Waals surface area contributed by atoms with E-state index in [2.05, 4.69) is 19.9 Å². The maximum absolute atomic E-state index is 15.1. The van der Waals surface area contributed by atoms with Crippen LogP contribution in [0.3, 0.4) is 0 Å². The number of fused-ring (bicyclic) bond motifs is 1. The van der Waals surface area contributed by atoms with Crippen molar-refractivity contribution in [2.45, 2.75) is 19.0 Å². The van der Waals surface area contributed by atoms with Crippen LogP contribution in [-0.2, 0) is 11.2 Å². The minimum Gasteiger partial charge on any atom is -0.477 e. The third kappa shape index (κ3) is 5.27. The Morgan fingerprint density at radius 2 is 2.02 bits per heavy atom. The third-order valence-electron chi connectivity index (χ3n) is 6.19. The van der Waals surface area contributed by atoms with Crippen LogP contribution in [0.25, 0.3) is 22.2 Å². The smallest absolute Gasteiger partial charge is 0.254 e. The fourth-order valence-electron chi connectivity index (χ4n) is 4.20. The molecule has 0 bridgehead atoms. The van der Waals surface area contributed by atoms with E-state index in [0.717, 1.165) is 12.1 Å². The molecule has 0 spiro atoms. The van der Waals surface area contributed by atoms with Gasteiger partial charge in [0.1, 0.15) is 23.6 Å². The highest BCUT2D eigenvalue weighted by molar-refractivity contribution is 6.01. The van der Waals surface area contributed by atoms with Gasteiger partial charge in [0.2, 0.25) is 5.88 Å². The van der Waals surface area contributed by atoms with Crippen molar-refractivity contribution in [1.82, 2.24) is 15.0 Å². The number of aromatic amines is 1. The van der Waals surface area contributed by atoms with Crippen LogP contribution in [0.1, 0.15) is 22.8 Å². The molecule has 0 saturated heterocycles. The number of aromatic nitrogens is 3. The highest BCUT2D eigenvalue weighted by Crippen LogP contribution is 2.39. The average molecular weight is 556 g/mol. The molecule has 208 valence electrons. The van der Waals surface area contributed by atoms with Crippen molar-refractivity contribution in [2.24, 2.45) is 10.7 Å². The minimum absolute atomic E-state index is 0.0628. The molecule has 1 atom stereocenters. The van der Waals surface area contributed by atoms with Crippen LogP contribution in [0.15, 0.2) is 47.8 Å². The van der Waals surface area contributed by atoms with Crippen LogP contribution in [0.4, 0.5) is 13.2 Å². The number of hydrogen-bond donors (Lipinski definition) is 3. The molecule has 4 aromatic rings. The van der Waals surface area contributed by atoms with Crippen molar-refractivity contribution < 1.29 is 37.3 Å². The molecule has 1 amide bonds. The molecule has 0 aliphatic carbocycles. The number of amides is 1. The number of aliphatic hydroxyl groups excluding tert-OH is 1. The van der Waals surface area contributed by atoms with Crippen LogP contribution in [0, 0.1) is 11.6 Å². The molecule has 0 saturated carbocycles. The number of nitrogens with one attached hydrogen (secondary N) is 1. The molecule has 1 aliphatic heterocycles. The predicted molar refractivity (Wildman–Crippen MR) is 138 cm³/mol. The highest BCUT2D eigenvalue weighted by Gasteiger charge is 2.34. The van der Waals surface area contributed by atoms with Gasteiger partial charge in [0.15, 0.2) is 29.0 Å². The van der Waals surface area contributed by atoms with Crippen LogP contribution < -0.4 is 15.2 Å². The third-order valence-corrected chi connectivity index (χ3v) is 6.19. The number of alkyl halides is 1. The lowest BCUT2D eigenvalue weighted by molar-refractivity contribution is 0.0171. The molecule has 0 radical (unpaired) electrons. The second kappa shape index (κ2) is 10.8. The number of aliphatic hydroxyl groups is 1. The molecule has 1 aromatic carbocycles. The molecule has 4 heterocycles. The number of carbonyl (C=O) groups is 1. The quantitative estimate of drug-likeness (QED) is 0.284. The zero-order valence-corrected chi connectivity index (χ0v) is 21.2. The molecule has 0 fully saturated rings. The standard InChI is InChI=1S/C27H24F3N5O5/c1-2-38-26-16(24(31)37)8-15(9-34-26)17-10-33-25-22(17)20(3-4-32-25)40-23-18(28)5-14(6-19(23)29)7-21-35-11-27(30,12-36)13-39-21/h3-6,8-10,36H,2,7,11-13H2,1H3,(H2,31,37)(H,32,33). The van der Waals surface area contributed by atoms with Gasteiger partial charge in [0.25, 0.3) is 5.91 Å². The number of H-pyrrole nitrogens is 1. The first-order valence-corrected chi connectivity index (χ1v) is 12.2. The molecule has 4 N–H and O–H groups in total. The summed E-state index contributed by atoms with van der Waals surface area (Å²) in [6.07, 6.45) is 4.39. The van der Waals surface area contributed by atoms with E-state index >= 15 is 8.78 Å². The number of ether oxygens (including phenoxy) is 3. The van der Waals surface area contributed by atoms with Gasteiger partial charge < -0.3 is 30.0 Å². The summed E-state index contributed by atoms with van der Waals surface area (Å²) in [4.78, 5) is 27.3. The molecular formula is C27H24F3N5O5. The summed E-state index contributed by atoms with van der Waals surface area (Å²) in [6.45, 7) is 0.557. The van der Waals surface area contributed by atoms with Crippen LogP contribution >= 0.6 is 0 Å². The van der Waals surface area contributed by atoms with Gasteiger partial charge in [0.05, 0.1) is 25.1 Å². The molecule has 1 unspecified atom stereocenters. The molecule has 1 aliphatic rings. The maximum Gasteiger partial charge on any atom is 0.254 e. The summed E-state index contributed by atoms with van der Waals surface area (Å²) < 4.78 is 60.6. The van der Waals surface area contributed by atoms with Crippen molar-refractivity contribution in [3.8, 4) is 28.5 Å². The van der Waals surface area contributed by atoms with Gasteiger partial charge in [-0.05, 0) is 36.8 Å². The molecule has 13 heteroatoms. The Morgan fingerprint density at radius 3 is 2.67 bits per heavy atom. The molecule has 40 heavy (non-hydrogen) atoms. The summed E-state index contributed by atoms with van der Waals surface area (Å²) in [5, 5.41) is 9.46. The van der Waals surface area contributed by atoms with E-state index in [1.165, 1.54) is 24.5 Å². The number of primary amides is 1. The fourth-order valence-corrected chi connectivity index (χ4v) is 4.20. The van der Waals surface area contributed by atoms with Gasteiger partial charge in [0, 0.05) is 36.1 Å². The van der Waals surface area contributed by atoms with E-state index in [-0.39, 0.29) is 48.2 Å². The topological polar surface area (TPSA) is 145 Å². The van der Waals surface area contributed by atoms with Crippen LogP contribution in [-0.4, -0.2) is 63.9 Å². The minimum atomic E-state index is -1.98. The molecule has 10 nitrogen and oxygen atoms in total. The average Bonchev–Trinajstić information content (AvgIpc) is 3.37. The first-order valence-electron chi connectivity index (χ1n) is 12.2. The van der Waals surface area contributed by atoms with Gasteiger partial charge in [-0.3, -0.25) is 9.79 Å². The Morgan fingerprint density at radius 1 is 1.25 bits per heavy atom. The Hall–Kier alpha value is -4.65. The summed E-state index contributed by atoms with van der Waals surface area (Å²) in [5.74, 6) is -3.09. The normalized spacial score (nSPS) is 16.9. The zero-order chi connectivity index (χ0) is 28.4. The van der Waals surface area contributed by atoms with E-state index in [0.29, 0.717) is 22.2 Å². The number of carbonyl (C=O) groups excluding carboxylic acids is 1. The summed E-state index contributed by atoms with van der Waals surface area (Å²) in [7, 11) is 0. The highest BCUT2D eigenvalue weighted by atomic mass is 19.1. The zero-order valence-electron chi connectivity index (χ0n) is 21.2. The number of nitrogens with two attached hydrogens (primary N) is 1. The van der Waals surface area contributed by atoms with E-state index in [1.807, 2.05) is 0 Å². The SMILES string of the molecule is CCOc1ncc(-c2c[nH]c3nccc(Oc4c(F)cc(CC5=NCC(F)(CO)CO5)cc4F)c23)cc1C(N)=O. The lowest BCUT2D eigenvalue weighted by Gasteiger charge is -2.26. The van der Waals surface area contributed by atoms with Gasteiger partial charge in [-0.25, -0.2) is 23.1 Å². The Labute approximate surface area is 225 Å². The van der Waals surface area contributed by atoms with E-state index in [1.54, 1.807) is 13.1 Å². The lowest BCUT2D eigenvalue weighted by Crippen LogP contribution is -2.42. The second-order valence-electron chi connectivity index (χ2n) is 9.08. The number of pyridine rings is 2. The number of aliphatic imine (C=N–C) groups is 1. The van der Waals surface area contributed by atoms with E-state index in [9.17, 15) is 9.18 Å². The summed E-state index contributed by atoms with van der Waals surface area (Å²) in [5.41, 5.74) is 5.10. The number of nitrogens with zero attached hydrogens (tertiary/aromatic N) is 3. The van der Waals surface area contributed by atoms with E-state index in [4.69, 9.17) is 25.1 Å². The van der Waals surface area contributed by atoms with Gasteiger partial charge in [-0.1, -0.05) is 0 Å². The Balaban J connectivity index is 1.46.